The maximum atomic E-state index is 5.90. The Morgan fingerprint density at radius 2 is 1.94 bits per heavy atom. The summed E-state index contributed by atoms with van der Waals surface area (Å²) in [5, 5.41) is 0. The number of hydrogen-bond acceptors (Lipinski definition) is 3. The molecule has 4 heteroatoms. The van der Waals surface area contributed by atoms with E-state index in [2.05, 4.69) is 0 Å². The van der Waals surface area contributed by atoms with E-state index in [1.807, 2.05) is 32.0 Å². The number of hydrogen-bond donors (Lipinski definition) is 0. The summed E-state index contributed by atoms with van der Waals surface area (Å²) in [6, 6.07) is 5.65. The molecule has 0 fully saturated rings. The van der Waals surface area contributed by atoms with Gasteiger partial charge in [0, 0.05) is 19.1 Å². The van der Waals surface area contributed by atoms with Gasteiger partial charge >= 0.3 is 0 Å². The van der Waals surface area contributed by atoms with Gasteiger partial charge in [-0.3, -0.25) is 0 Å². The number of benzene rings is 1. The van der Waals surface area contributed by atoms with Gasteiger partial charge in [0.2, 0.25) is 0 Å². The first kappa shape index (κ1) is 15.1. The summed E-state index contributed by atoms with van der Waals surface area (Å²) in [6.45, 7) is 4.66. The van der Waals surface area contributed by atoms with Crippen LogP contribution in [0, 0.1) is 0 Å². The van der Waals surface area contributed by atoms with E-state index in [9.17, 15) is 0 Å². The zero-order chi connectivity index (χ0) is 13.6. The second-order valence-corrected chi connectivity index (χ2v) is 4.94. The van der Waals surface area contributed by atoms with Gasteiger partial charge in [-0.05, 0) is 32.0 Å². The summed E-state index contributed by atoms with van der Waals surface area (Å²) in [7, 11) is 3.34. The predicted molar refractivity (Wildman–Crippen MR) is 73.8 cm³/mol. The minimum atomic E-state index is -0.173. The fraction of sp³-hybridized carbons (Fsp3) is 0.571. The Hall–Kier alpha value is -0.930. The first-order chi connectivity index (χ1) is 8.52. The molecule has 0 amide bonds. The molecule has 0 saturated carbocycles. The van der Waals surface area contributed by atoms with Crippen LogP contribution in [0.25, 0.3) is 0 Å². The van der Waals surface area contributed by atoms with Crippen LogP contribution in [0.1, 0.15) is 25.8 Å². The van der Waals surface area contributed by atoms with Crippen molar-refractivity contribution in [3.8, 4) is 11.5 Å². The van der Waals surface area contributed by atoms with Crippen LogP contribution in [0.5, 0.6) is 11.5 Å². The minimum Gasteiger partial charge on any atom is -0.497 e. The molecular formula is C14H21ClO3. The molecule has 1 aromatic carbocycles. The third-order valence-corrected chi connectivity index (χ3v) is 3.21. The van der Waals surface area contributed by atoms with E-state index in [0.29, 0.717) is 12.5 Å². The molecule has 0 unspecified atom stereocenters. The van der Waals surface area contributed by atoms with Gasteiger partial charge in [-0.25, -0.2) is 0 Å². The first-order valence-corrected chi connectivity index (χ1v) is 6.46. The van der Waals surface area contributed by atoms with Gasteiger partial charge in [0.1, 0.15) is 11.5 Å². The maximum Gasteiger partial charge on any atom is 0.123 e. The normalized spacial score (nSPS) is 11.4. The fourth-order valence-electron chi connectivity index (χ4n) is 1.44. The Balaban J connectivity index is 2.62. The third kappa shape index (κ3) is 4.39. The molecule has 0 aromatic heterocycles. The highest BCUT2D eigenvalue weighted by atomic mass is 35.5. The van der Waals surface area contributed by atoms with E-state index in [4.69, 9.17) is 25.8 Å². The first-order valence-electron chi connectivity index (χ1n) is 5.93. The van der Waals surface area contributed by atoms with E-state index < -0.39 is 0 Å². The Bertz CT molecular complexity index is 377. The van der Waals surface area contributed by atoms with Crippen molar-refractivity contribution in [3.63, 3.8) is 0 Å². The summed E-state index contributed by atoms with van der Waals surface area (Å²) in [5.74, 6) is 1.99. The molecule has 0 bridgehead atoms. The largest absolute Gasteiger partial charge is 0.497 e. The van der Waals surface area contributed by atoms with E-state index in [1.165, 1.54) is 0 Å². The topological polar surface area (TPSA) is 27.7 Å². The maximum absolute atomic E-state index is 5.90. The van der Waals surface area contributed by atoms with Crippen LogP contribution in [-0.2, 0) is 10.6 Å². The smallest absolute Gasteiger partial charge is 0.123 e. The molecule has 1 aromatic rings. The van der Waals surface area contributed by atoms with E-state index in [1.54, 1.807) is 14.2 Å². The molecule has 3 nitrogen and oxygen atoms in total. The number of halogens is 1. The zero-order valence-corrected chi connectivity index (χ0v) is 12.2. The Morgan fingerprint density at radius 3 is 2.50 bits per heavy atom. The van der Waals surface area contributed by atoms with Gasteiger partial charge in [0.25, 0.3) is 0 Å². The van der Waals surface area contributed by atoms with Gasteiger partial charge in [0.15, 0.2) is 0 Å². The van der Waals surface area contributed by atoms with Crippen molar-refractivity contribution in [2.75, 3.05) is 20.8 Å². The summed E-state index contributed by atoms with van der Waals surface area (Å²) in [6.07, 6.45) is 0.817. The van der Waals surface area contributed by atoms with Crippen molar-refractivity contribution in [3.05, 3.63) is 23.8 Å². The molecular weight excluding hydrogens is 252 g/mol. The third-order valence-electron chi connectivity index (χ3n) is 2.93. The molecule has 0 aliphatic heterocycles. The molecule has 0 spiro atoms. The molecule has 102 valence electrons. The minimum absolute atomic E-state index is 0.173. The highest BCUT2D eigenvalue weighted by Gasteiger charge is 2.16. The van der Waals surface area contributed by atoms with E-state index >= 15 is 0 Å². The second kappa shape index (κ2) is 6.86. The fourth-order valence-corrected chi connectivity index (χ4v) is 1.65. The number of methoxy groups -OCH3 is 2. The molecule has 0 N–H and O–H groups in total. The van der Waals surface area contributed by atoms with Crippen molar-refractivity contribution in [2.45, 2.75) is 31.7 Å². The quantitative estimate of drug-likeness (QED) is 0.710. The predicted octanol–water partition coefficient (Wildman–Crippen LogP) is 3.63. The summed E-state index contributed by atoms with van der Waals surface area (Å²) in [4.78, 5) is 0. The van der Waals surface area contributed by atoms with Crippen LogP contribution in [0.15, 0.2) is 18.2 Å². The molecule has 18 heavy (non-hydrogen) atoms. The van der Waals surface area contributed by atoms with Crippen LogP contribution >= 0.6 is 11.6 Å². The Kier molecular flexibility index (Phi) is 5.76. The second-order valence-electron chi connectivity index (χ2n) is 4.67. The number of alkyl halides is 1. The lowest BCUT2D eigenvalue weighted by molar-refractivity contribution is 0.00539. The van der Waals surface area contributed by atoms with Gasteiger partial charge in [-0.2, -0.15) is 0 Å². The number of ether oxygens (including phenoxy) is 3. The zero-order valence-electron chi connectivity index (χ0n) is 11.5. The average Bonchev–Trinajstić information content (AvgIpc) is 2.38. The van der Waals surface area contributed by atoms with Crippen LogP contribution in [0.4, 0.5) is 0 Å². The molecule has 0 atom stereocenters. The van der Waals surface area contributed by atoms with Crippen molar-refractivity contribution < 1.29 is 14.2 Å². The summed E-state index contributed by atoms with van der Waals surface area (Å²) < 4.78 is 16.2. The SMILES string of the molecule is COc1ccc(OCCC(C)(C)OC)c(CCl)c1. The lowest BCUT2D eigenvalue weighted by Crippen LogP contribution is -2.25. The van der Waals surface area contributed by atoms with Gasteiger partial charge in [-0.15, -0.1) is 11.6 Å². The molecule has 0 radical (unpaired) electrons. The van der Waals surface area contributed by atoms with Crippen LogP contribution in [0.2, 0.25) is 0 Å². The Labute approximate surface area is 114 Å². The average molecular weight is 273 g/mol. The molecule has 0 heterocycles. The highest BCUT2D eigenvalue weighted by molar-refractivity contribution is 6.17. The van der Waals surface area contributed by atoms with Gasteiger partial charge in [-0.1, -0.05) is 0 Å². The molecule has 0 aliphatic carbocycles. The molecule has 0 saturated heterocycles. The van der Waals surface area contributed by atoms with Gasteiger partial charge < -0.3 is 14.2 Å². The monoisotopic (exact) mass is 272 g/mol. The summed E-state index contributed by atoms with van der Waals surface area (Å²) in [5.41, 5.74) is 0.763. The van der Waals surface area contributed by atoms with Crippen LogP contribution in [-0.4, -0.2) is 26.4 Å². The highest BCUT2D eigenvalue weighted by Crippen LogP contribution is 2.26. The van der Waals surface area contributed by atoms with Crippen molar-refractivity contribution in [1.82, 2.24) is 0 Å². The lowest BCUT2D eigenvalue weighted by atomic mass is 10.1. The summed E-state index contributed by atoms with van der Waals surface area (Å²) >= 11 is 5.90. The number of rotatable bonds is 7. The van der Waals surface area contributed by atoms with Crippen LogP contribution < -0.4 is 9.47 Å². The van der Waals surface area contributed by atoms with Crippen molar-refractivity contribution >= 4 is 11.6 Å². The standard InChI is InChI=1S/C14H21ClO3/c1-14(2,17-4)7-8-18-13-6-5-12(16-3)9-11(13)10-15/h5-6,9H,7-8,10H2,1-4H3. The molecule has 0 aliphatic rings. The van der Waals surface area contributed by atoms with E-state index in [-0.39, 0.29) is 5.60 Å². The van der Waals surface area contributed by atoms with Crippen LogP contribution in [0.3, 0.4) is 0 Å². The molecule has 1 rings (SSSR count). The van der Waals surface area contributed by atoms with E-state index in [0.717, 1.165) is 23.5 Å². The Morgan fingerprint density at radius 1 is 1.22 bits per heavy atom. The van der Waals surface area contributed by atoms with Gasteiger partial charge in [0.05, 0.1) is 25.2 Å². The van der Waals surface area contributed by atoms with Crippen molar-refractivity contribution in [1.29, 1.82) is 0 Å². The lowest BCUT2D eigenvalue weighted by Gasteiger charge is -2.23. The van der Waals surface area contributed by atoms with Crippen molar-refractivity contribution in [2.24, 2.45) is 0 Å².